The third-order valence-electron chi connectivity index (χ3n) is 3.11. The Morgan fingerprint density at radius 3 is 2.52 bits per heavy atom. The number of nitrogens with zero attached hydrogens (tertiary/aromatic N) is 3. The lowest BCUT2D eigenvalue weighted by atomic mass is 10.3. The number of nitrogens with one attached hydrogen (secondary N) is 1. The molecule has 0 atom stereocenters. The molecule has 21 heavy (non-hydrogen) atoms. The second-order valence-corrected chi connectivity index (χ2v) is 6.10. The third kappa shape index (κ3) is 3.73. The van der Waals surface area contributed by atoms with Gasteiger partial charge in [-0.1, -0.05) is 0 Å². The Hall–Kier alpha value is -2.07. The maximum absolute atomic E-state index is 11.9. The van der Waals surface area contributed by atoms with Gasteiger partial charge in [0.25, 0.3) is 0 Å². The Labute approximate surface area is 122 Å². The molecule has 10 heteroatoms. The monoisotopic (exact) mass is 315 g/mol. The van der Waals surface area contributed by atoms with Crippen molar-refractivity contribution in [2.45, 2.75) is 0 Å². The van der Waals surface area contributed by atoms with E-state index in [-0.39, 0.29) is 13.1 Å². The standard InChI is InChI=1S/C11H17N5O4S/c1-20-11(17)14-21(18,19)16-6-4-15(5-7-16)9-2-3-10(12)13-8-9/h2-3,8H,4-7H2,1H3,(H2,12,13)(H,14,17). The van der Waals surface area contributed by atoms with Gasteiger partial charge >= 0.3 is 16.3 Å². The molecule has 1 fully saturated rings. The first kappa shape index (κ1) is 15.3. The summed E-state index contributed by atoms with van der Waals surface area (Å²) < 4.78 is 31.1. The zero-order valence-electron chi connectivity index (χ0n) is 11.5. The molecule has 2 heterocycles. The maximum atomic E-state index is 11.9. The zero-order chi connectivity index (χ0) is 15.5. The van der Waals surface area contributed by atoms with Gasteiger partial charge in [0.1, 0.15) is 5.82 Å². The van der Waals surface area contributed by atoms with Crippen LogP contribution < -0.4 is 15.4 Å². The van der Waals surface area contributed by atoms with Crippen molar-refractivity contribution in [3.63, 3.8) is 0 Å². The number of methoxy groups -OCH3 is 1. The SMILES string of the molecule is COC(=O)NS(=O)(=O)N1CCN(c2ccc(N)nc2)CC1. The van der Waals surface area contributed by atoms with Crippen LogP contribution in [0.2, 0.25) is 0 Å². The van der Waals surface area contributed by atoms with Crippen molar-refractivity contribution in [3.8, 4) is 0 Å². The fraction of sp³-hybridized carbons (Fsp3) is 0.455. The van der Waals surface area contributed by atoms with Gasteiger partial charge in [0.05, 0.1) is 19.0 Å². The van der Waals surface area contributed by atoms with Gasteiger partial charge in [-0.15, -0.1) is 0 Å². The van der Waals surface area contributed by atoms with Crippen LogP contribution in [0, 0.1) is 0 Å². The Morgan fingerprint density at radius 1 is 1.33 bits per heavy atom. The predicted octanol–water partition coefficient (Wildman–Crippen LogP) is -0.613. The number of carbonyl (C=O) groups excluding carboxylic acids is 1. The van der Waals surface area contributed by atoms with Crippen LogP contribution in [0.5, 0.6) is 0 Å². The number of amides is 1. The fourth-order valence-electron chi connectivity index (χ4n) is 1.98. The summed E-state index contributed by atoms with van der Waals surface area (Å²) in [6, 6.07) is 3.52. The van der Waals surface area contributed by atoms with Crippen LogP contribution in [-0.2, 0) is 14.9 Å². The zero-order valence-corrected chi connectivity index (χ0v) is 12.3. The van der Waals surface area contributed by atoms with Crippen LogP contribution in [-0.4, -0.2) is 57.1 Å². The minimum absolute atomic E-state index is 0.261. The molecule has 0 aromatic carbocycles. The molecule has 3 N–H and O–H groups in total. The van der Waals surface area contributed by atoms with Gasteiger partial charge in [-0.3, -0.25) is 0 Å². The van der Waals surface area contributed by atoms with Crippen LogP contribution in [0.3, 0.4) is 0 Å². The molecule has 1 amide bonds. The highest BCUT2D eigenvalue weighted by Gasteiger charge is 2.28. The van der Waals surface area contributed by atoms with Crippen molar-refractivity contribution < 1.29 is 17.9 Å². The van der Waals surface area contributed by atoms with E-state index in [1.807, 2.05) is 15.7 Å². The number of piperazine rings is 1. The summed E-state index contributed by atoms with van der Waals surface area (Å²) in [4.78, 5) is 17.0. The lowest BCUT2D eigenvalue weighted by Gasteiger charge is -2.34. The molecule has 1 saturated heterocycles. The van der Waals surface area contributed by atoms with Crippen molar-refractivity contribution in [2.24, 2.45) is 0 Å². The molecule has 1 aromatic rings. The quantitative estimate of drug-likeness (QED) is 0.763. The molecule has 9 nitrogen and oxygen atoms in total. The predicted molar refractivity (Wildman–Crippen MR) is 76.9 cm³/mol. The van der Waals surface area contributed by atoms with E-state index >= 15 is 0 Å². The Balaban J connectivity index is 1.97. The van der Waals surface area contributed by atoms with Crippen LogP contribution in [0.1, 0.15) is 0 Å². The van der Waals surface area contributed by atoms with Crippen LogP contribution in [0.4, 0.5) is 16.3 Å². The van der Waals surface area contributed by atoms with Crippen molar-refractivity contribution in [1.29, 1.82) is 0 Å². The van der Waals surface area contributed by atoms with Crippen LogP contribution in [0.15, 0.2) is 18.3 Å². The van der Waals surface area contributed by atoms with Gasteiger partial charge < -0.3 is 15.4 Å². The number of hydrogen-bond acceptors (Lipinski definition) is 7. The lowest BCUT2D eigenvalue weighted by Crippen LogP contribution is -2.53. The topological polar surface area (TPSA) is 118 Å². The first-order valence-corrected chi connectivity index (χ1v) is 7.68. The number of carbonyl (C=O) groups is 1. The van der Waals surface area contributed by atoms with Crippen LogP contribution >= 0.6 is 0 Å². The van der Waals surface area contributed by atoms with Gasteiger partial charge in [0, 0.05) is 26.2 Å². The van der Waals surface area contributed by atoms with Crippen molar-refractivity contribution >= 4 is 27.8 Å². The van der Waals surface area contributed by atoms with Gasteiger partial charge in [-0.05, 0) is 12.1 Å². The molecule has 0 radical (unpaired) electrons. The molecule has 1 aromatic heterocycles. The van der Waals surface area contributed by atoms with Gasteiger partial charge in [-0.2, -0.15) is 12.7 Å². The highest BCUT2D eigenvalue weighted by Crippen LogP contribution is 2.17. The Morgan fingerprint density at radius 2 is 2.00 bits per heavy atom. The van der Waals surface area contributed by atoms with Crippen LogP contribution in [0.25, 0.3) is 0 Å². The van der Waals surface area contributed by atoms with E-state index in [1.54, 1.807) is 12.3 Å². The van der Waals surface area contributed by atoms with E-state index in [2.05, 4.69) is 9.72 Å². The summed E-state index contributed by atoms with van der Waals surface area (Å²) in [6.45, 7) is 1.51. The number of ether oxygens (including phenoxy) is 1. The normalized spacial score (nSPS) is 16.5. The van der Waals surface area contributed by atoms with E-state index in [0.29, 0.717) is 18.9 Å². The van der Waals surface area contributed by atoms with E-state index in [4.69, 9.17) is 5.73 Å². The number of pyridine rings is 1. The summed E-state index contributed by atoms with van der Waals surface area (Å²) in [6.07, 6.45) is 0.645. The first-order valence-electron chi connectivity index (χ1n) is 6.24. The fourth-order valence-corrected chi connectivity index (χ4v) is 3.05. The number of hydrogen-bond donors (Lipinski definition) is 2. The lowest BCUT2D eigenvalue weighted by molar-refractivity contribution is 0.177. The third-order valence-corrected chi connectivity index (χ3v) is 4.58. The molecule has 0 aliphatic carbocycles. The summed E-state index contributed by atoms with van der Waals surface area (Å²) in [5.74, 6) is 0.433. The van der Waals surface area contributed by atoms with E-state index in [9.17, 15) is 13.2 Å². The highest BCUT2D eigenvalue weighted by molar-refractivity contribution is 7.87. The van der Waals surface area contributed by atoms with Gasteiger partial charge in [0.15, 0.2) is 0 Å². The molecule has 1 aliphatic heterocycles. The molecular formula is C11H17N5O4S. The Kier molecular flexibility index (Phi) is 4.48. The van der Waals surface area contributed by atoms with Crippen molar-refractivity contribution in [2.75, 3.05) is 43.9 Å². The number of rotatable bonds is 3. The second-order valence-electron chi connectivity index (χ2n) is 4.43. The smallest absolute Gasteiger partial charge is 0.421 e. The molecule has 0 spiro atoms. The minimum atomic E-state index is -3.86. The second kappa shape index (κ2) is 6.14. The number of aromatic nitrogens is 1. The summed E-state index contributed by atoms with van der Waals surface area (Å²) in [5.41, 5.74) is 6.40. The van der Waals surface area contributed by atoms with Gasteiger partial charge in [-0.25, -0.2) is 14.5 Å². The Bertz CT molecular complexity index is 596. The van der Waals surface area contributed by atoms with E-state index < -0.39 is 16.3 Å². The number of nitrogens with two attached hydrogens (primary N) is 1. The molecule has 2 rings (SSSR count). The average Bonchev–Trinajstić information content (AvgIpc) is 2.47. The molecular weight excluding hydrogens is 298 g/mol. The molecule has 116 valence electrons. The van der Waals surface area contributed by atoms with Crippen molar-refractivity contribution in [3.05, 3.63) is 18.3 Å². The number of nitrogen functional groups attached to an aromatic ring is 1. The van der Waals surface area contributed by atoms with E-state index in [1.165, 1.54) is 4.31 Å². The maximum Gasteiger partial charge on any atom is 0.421 e. The minimum Gasteiger partial charge on any atom is -0.452 e. The average molecular weight is 315 g/mol. The molecule has 0 saturated carbocycles. The summed E-state index contributed by atoms with van der Waals surface area (Å²) >= 11 is 0. The molecule has 0 bridgehead atoms. The molecule has 0 unspecified atom stereocenters. The first-order chi connectivity index (χ1) is 9.92. The highest BCUT2D eigenvalue weighted by atomic mass is 32.2. The summed E-state index contributed by atoms with van der Waals surface area (Å²) in [5, 5.41) is 0. The number of anilines is 2. The molecule has 1 aliphatic rings. The van der Waals surface area contributed by atoms with Gasteiger partial charge in [0.2, 0.25) is 0 Å². The van der Waals surface area contributed by atoms with Crippen molar-refractivity contribution in [1.82, 2.24) is 14.0 Å². The van der Waals surface area contributed by atoms with E-state index in [0.717, 1.165) is 12.8 Å². The summed E-state index contributed by atoms with van der Waals surface area (Å²) in [7, 11) is -2.75. The largest absolute Gasteiger partial charge is 0.452 e.